The van der Waals surface area contributed by atoms with Crippen molar-refractivity contribution in [2.24, 2.45) is 0 Å². The van der Waals surface area contributed by atoms with Gasteiger partial charge in [0.15, 0.2) is 0 Å². The molecule has 2 aromatic carbocycles. The molecule has 0 saturated carbocycles. The molecule has 21 heavy (non-hydrogen) atoms. The highest BCUT2D eigenvalue weighted by molar-refractivity contribution is 5.37. The molecule has 1 unspecified atom stereocenters. The molecule has 0 saturated heterocycles. The lowest BCUT2D eigenvalue weighted by atomic mass is 9.97. The summed E-state index contributed by atoms with van der Waals surface area (Å²) in [7, 11) is 0. The molecule has 1 N–H and O–H groups in total. The fraction of sp³-hybridized carbons (Fsp3) is 0.333. The minimum atomic E-state index is -0.828. The Hall–Kier alpha value is -1.87. The van der Waals surface area contributed by atoms with Gasteiger partial charge in [0.2, 0.25) is 0 Å². The van der Waals surface area contributed by atoms with Gasteiger partial charge in [-0.1, -0.05) is 31.5 Å². The lowest BCUT2D eigenvalue weighted by Crippen LogP contribution is -2.03. The van der Waals surface area contributed by atoms with E-state index in [1.807, 2.05) is 31.2 Å². The summed E-state index contributed by atoms with van der Waals surface area (Å²) in [6.07, 6.45) is 1.29. The van der Waals surface area contributed by atoms with Crippen LogP contribution in [0.25, 0.3) is 0 Å². The first kappa shape index (κ1) is 15.5. The second-order valence-electron chi connectivity index (χ2n) is 5.17. The van der Waals surface area contributed by atoms with Crippen LogP contribution in [0.3, 0.4) is 0 Å². The van der Waals surface area contributed by atoms with Crippen LogP contribution in [0.2, 0.25) is 0 Å². The largest absolute Gasteiger partial charge is 0.494 e. The van der Waals surface area contributed by atoms with Crippen molar-refractivity contribution in [2.45, 2.75) is 32.8 Å². The van der Waals surface area contributed by atoms with Crippen molar-refractivity contribution >= 4 is 0 Å². The van der Waals surface area contributed by atoms with E-state index in [-0.39, 0.29) is 5.82 Å². The standard InChI is InChI=1S/C18H21FO2/c1-3-4-11-21-16-9-6-14(7-10-16)18(20)17-12-15(19)8-5-13(17)2/h5-10,12,18,20H,3-4,11H2,1-2H3. The normalized spacial score (nSPS) is 12.2. The molecule has 0 aliphatic carbocycles. The SMILES string of the molecule is CCCCOc1ccc(C(O)c2cc(F)ccc2C)cc1. The summed E-state index contributed by atoms with van der Waals surface area (Å²) in [5.41, 5.74) is 2.19. The summed E-state index contributed by atoms with van der Waals surface area (Å²) in [6.45, 7) is 4.67. The van der Waals surface area contributed by atoms with Crippen molar-refractivity contribution in [2.75, 3.05) is 6.61 Å². The van der Waals surface area contributed by atoms with E-state index in [9.17, 15) is 9.50 Å². The van der Waals surface area contributed by atoms with Gasteiger partial charge in [0, 0.05) is 0 Å². The van der Waals surface area contributed by atoms with Crippen LogP contribution >= 0.6 is 0 Å². The Bertz CT molecular complexity index is 578. The highest BCUT2D eigenvalue weighted by Crippen LogP contribution is 2.27. The number of halogens is 1. The van der Waals surface area contributed by atoms with Crippen molar-refractivity contribution in [3.8, 4) is 5.75 Å². The molecule has 112 valence electrons. The first-order chi connectivity index (χ1) is 10.1. The van der Waals surface area contributed by atoms with Gasteiger partial charge < -0.3 is 9.84 Å². The Balaban J connectivity index is 2.12. The summed E-state index contributed by atoms with van der Waals surface area (Å²) < 4.78 is 18.9. The monoisotopic (exact) mass is 288 g/mol. The summed E-state index contributed by atoms with van der Waals surface area (Å²) in [5.74, 6) is 0.449. The summed E-state index contributed by atoms with van der Waals surface area (Å²) in [5, 5.41) is 10.4. The van der Waals surface area contributed by atoms with Gasteiger partial charge in [0.1, 0.15) is 17.7 Å². The Morgan fingerprint density at radius 2 is 1.86 bits per heavy atom. The van der Waals surface area contributed by atoms with Crippen molar-refractivity contribution in [1.82, 2.24) is 0 Å². The first-order valence-electron chi connectivity index (χ1n) is 7.28. The maximum atomic E-state index is 13.3. The molecule has 0 spiro atoms. The number of aliphatic hydroxyl groups excluding tert-OH is 1. The van der Waals surface area contributed by atoms with Crippen molar-refractivity contribution in [3.05, 3.63) is 65.0 Å². The second kappa shape index (κ2) is 7.23. The summed E-state index contributed by atoms with van der Waals surface area (Å²) in [4.78, 5) is 0. The van der Waals surface area contributed by atoms with Gasteiger partial charge in [-0.25, -0.2) is 4.39 Å². The highest BCUT2D eigenvalue weighted by Gasteiger charge is 2.13. The van der Waals surface area contributed by atoms with Crippen LogP contribution in [-0.2, 0) is 0 Å². The fourth-order valence-electron chi connectivity index (χ4n) is 2.17. The topological polar surface area (TPSA) is 29.5 Å². The van der Waals surface area contributed by atoms with Gasteiger partial charge in [-0.2, -0.15) is 0 Å². The van der Waals surface area contributed by atoms with E-state index in [4.69, 9.17) is 4.74 Å². The third-order valence-corrected chi connectivity index (χ3v) is 3.50. The molecule has 0 bridgehead atoms. The van der Waals surface area contributed by atoms with Gasteiger partial charge in [-0.3, -0.25) is 0 Å². The minimum Gasteiger partial charge on any atom is -0.494 e. The van der Waals surface area contributed by atoms with Gasteiger partial charge in [0.25, 0.3) is 0 Å². The molecule has 1 atom stereocenters. The lowest BCUT2D eigenvalue weighted by molar-refractivity contribution is 0.219. The Morgan fingerprint density at radius 1 is 1.14 bits per heavy atom. The molecule has 0 heterocycles. The predicted octanol–water partition coefficient (Wildman–Crippen LogP) is 4.39. The number of hydrogen-bond donors (Lipinski definition) is 1. The van der Waals surface area contributed by atoms with E-state index in [2.05, 4.69) is 6.92 Å². The van der Waals surface area contributed by atoms with E-state index >= 15 is 0 Å². The van der Waals surface area contributed by atoms with Crippen LogP contribution in [-0.4, -0.2) is 11.7 Å². The molecule has 0 aliphatic rings. The molecular weight excluding hydrogens is 267 g/mol. The smallest absolute Gasteiger partial charge is 0.123 e. The van der Waals surface area contributed by atoms with Gasteiger partial charge in [-0.15, -0.1) is 0 Å². The molecule has 3 heteroatoms. The minimum absolute atomic E-state index is 0.339. The molecule has 0 radical (unpaired) electrons. The van der Waals surface area contributed by atoms with Crippen LogP contribution in [0.4, 0.5) is 4.39 Å². The fourth-order valence-corrected chi connectivity index (χ4v) is 2.17. The third kappa shape index (κ3) is 4.05. The van der Waals surface area contributed by atoms with Crippen molar-refractivity contribution in [3.63, 3.8) is 0 Å². The average Bonchev–Trinajstić information content (AvgIpc) is 2.50. The summed E-state index contributed by atoms with van der Waals surface area (Å²) in [6, 6.07) is 11.8. The number of aryl methyl sites for hydroxylation is 1. The van der Waals surface area contributed by atoms with Crippen LogP contribution in [0.5, 0.6) is 5.75 Å². The number of rotatable bonds is 6. The van der Waals surface area contributed by atoms with E-state index in [1.54, 1.807) is 6.07 Å². The van der Waals surface area contributed by atoms with Gasteiger partial charge in [-0.05, 0) is 54.3 Å². The zero-order valence-corrected chi connectivity index (χ0v) is 12.5. The number of benzene rings is 2. The molecular formula is C18H21FO2. The van der Waals surface area contributed by atoms with Crippen molar-refractivity contribution < 1.29 is 14.2 Å². The number of aliphatic hydroxyl groups is 1. The van der Waals surface area contributed by atoms with Crippen molar-refractivity contribution in [1.29, 1.82) is 0 Å². The summed E-state index contributed by atoms with van der Waals surface area (Å²) >= 11 is 0. The van der Waals surface area contributed by atoms with Crippen LogP contribution in [0.15, 0.2) is 42.5 Å². The Kier molecular flexibility index (Phi) is 5.34. The lowest BCUT2D eigenvalue weighted by Gasteiger charge is -2.15. The maximum absolute atomic E-state index is 13.3. The zero-order chi connectivity index (χ0) is 15.2. The third-order valence-electron chi connectivity index (χ3n) is 3.50. The number of ether oxygens (including phenoxy) is 1. The number of unbranched alkanes of at least 4 members (excludes halogenated alkanes) is 1. The Labute approximate surface area is 125 Å². The zero-order valence-electron chi connectivity index (χ0n) is 12.5. The highest BCUT2D eigenvalue weighted by atomic mass is 19.1. The van der Waals surface area contributed by atoms with E-state index in [1.165, 1.54) is 12.1 Å². The van der Waals surface area contributed by atoms with Crippen LogP contribution in [0.1, 0.15) is 42.6 Å². The molecule has 2 nitrogen and oxygen atoms in total. The average molecular weight is 288 g/mol. The van der Waals surface area contributed by atoms with E-state index in [0.717, 1.165) is 29.7 Å². The van der Waals surface area contributed by atoms with E-state index < -0.39 is 6.10 Å². The van der Waals surface area contributed by atoms with Crippen LogP contribution in [0, 0.1) is 12.7 Å². The molecule has 0 amide bonds. The van der Waals surface area contributed by atoms with E-state index in [0.29, 0.717) is 12.2 Å². The number of hydrogen-bond acceptors (Lipinski definition) is 2. The molecule has 2 rings (SSSR count). The molecule has 0 fully saturated rings. The first-order valence-corrected chi connectivity index (χ1v) is 7.28. The molecule has 0 aliphatic heterocycles. The molecule has 2 aromatic rings. The second-order valence-corrected chi connectivity index (χ2v) is 5.17. The van der Waals surface area contributed by atoms with Gasteiger partial charge in [0.05, 0.1) is 6.61 Å². The Morgan fingerprint density at radius 3 is 2.52 bits per heavy atom. The van der Waals surface area contributed by atoms with Crippen LogP contribution < -0.4 is 4.74 Å². The molecule has 0 aromatic heterocycles. The van der Waals surface area contributed by atoms with Gasteiger partial charge >= 0.3 is 0 Å². The predicted molar refractivity (Wildman–Crippen MR) is 82.0 cm³/mol. The quantitative estimate of drug-likeness (QED) is 0.799. The maximum Gasteiger partial charge on any atom is 0.123 e.